The lowest BCUT2D eigenvalue weighted by Gasteiger charge is -2.08. The topological polar surface area (TPSA) is 49.0 Å². The number of fused-ring (bicyclic) bond motifs is 3. The normalized spacial score (nSPS) is 10.8. The standard InChI is InChI=1S/C20H13FN2O/c21-15-5-7-19-17(9-15)18-10-16(6-8-20(18)24-19)23-12-14-4-2-1-3-13(14)11-22/h1-10,23H,12H2. The fourth-order valence-electron chi connectivity index (χ4n) is 2.84. The average molecular weight is 316 g/mol. The van der Waals surface area contributed by atoms with Crippen molar-refractivity contribution in [2.24, 2.45) is 0 Å². The molecule has 0 atom stereocenters. The first-order chi connectivity index (χ1) is 11.7. The van der Waals surface area contributed by atoms with Crippen LogP contribution < -0.4 is 5.32 Å². The molecule has 0 spiro atoms. The summed E-state index contributed by atoms with van der Waals surface area (Å²) in [6.45, 7) is 0.541. The minimum absolute atomic E-state index is 0.286. The maximum Gasteiger partial charge on any atom is 0.135 e. The summed E-state index contributed by atoms with van der Waals surface area (Å²) in [5.74, 6) is -0.286. The molecule has 3 nitrogen and oxygen atoms in total. The van der Waals surface area contributed by atoms with Crippen molar-refractivity contribution in [1.29, 1.82) is 5.26 Å². The zero-order chi connectivity index (χ0) is 16.5. The van der Waals surface area contributed by atoms with Crippen LogP contribution in [-0.4, -0.2) is 0 Å². The van der Waals surface area contributed by atoms with Gasteiger partial charge in [0, 0.05) is 23.0 Å². The summed E-state index contributed by atoms with van der Waals surface area (Å²) in [5, 5.41) is 14.1. The van der Waals surface area contributed by atoms with E-state index >= 15 is 0 Å². The van der Waals surface area contributed by atoms with Gasteiger partial charge in [-0.15, -0.1) is 0 Å². The second-order valence-electron chi connectivity index (χ2n) is 5.58. The summed E-state index contributed by atoms with van der Waals surface area (Å²) < 4.78 is 19.2. The largest absolute Gasteiger partial charge is 0.456 e. The van der Waals surface area contributed by atoms with Gasteiger partial charge in [0.2, 0.25) is 0 Å². The summed E-state index contributed by atoms with van der Waals surface area (Å²) in [6.07, 6.45) is 0. The van der Waals surface area contributed by atoms with Crippen LogP contribution in [0.15, 0.2) is 65.1 Å². The lowest BCUT2D eigenvalue weighted by Crippen LogP contribution is -2.01. The van der Waals surface area contributed by atoms with Crippen LogP contribution in [-0.2, 0) is 6.54 Å². The molecule has 0 amide bonds. The molecule has 4 aromatic rings. The van der Waals surface area contributed by atoms with Gasteiger partial charge < -0.3 is 9.73 Å². The third-order valence-corrected chi connectivity index (χ3v) is 4.05. The summed E-state index contributed by atoms with van der Waals surface area (Å²) in [4.78, 5) is 0. The highest BCUT2D eigenvalue weighted by Gasteiger charge is 2.09. The van der Waals surface area contributed by atoms with Crippen molar-refractivity contribution in [1.82, 2.24) is 0 Å². The van der Waals surface area contributed by atoms with E-state index in [1.54, 1.807) is 12.1 Å². The van der Waals surface area contributed by atoms with E-state index in [1.165, 1.54) is 12.1 Å². The van der Waals surface area contributed by atoms with E-state index in [4.69, 9.17) is 9.68 Å². The Bertz CT molecular complexity index is 1090. The minimum Gasteiger partial charge on any atom is -0.456 e. The zero-order valence-corrected chi connectivity index (χ0v) is 12.7. The number of nitrogens with one attached hydrogen (secondary N) is 1. The number of nitriles is 1. The first-order valence-corrected chi connectivity index (χ1v) is 7.58. The Balaban J connectivity index is 1.69. The second kappa shape index (κ2) is 5.71. The molecule has 3 aromatic carbocycles. The maximum absolute atomic E-state index is 13.5. The average Bonchev–Trinajstić information content (AvgIpc) is 2.97. The van der Waals surface area contributed by atoms with Gasteiger partial charge in [0.15, 0.2) is 0 Å². The van der Waals surface area contributed by atoms with Gasteiger partial charge in [0.05, 0.1) is 11.6 Å². The summed E-state index contributed by atoms with van der Waals surface area (Å²) in [6, 6.07) is 19.9. The zero-order valence-electron chi connectivity index (χ0n) is 12.7. The van der Waals surface area contributed by atoms with Gasteiger partial charge >= 0.3 is 0 Å². The molecule has 0 fully saturated rings. The van der Waals surface area contributed by atoms with Crippen LogP contribution in [0, 0.1) is 17.1 Å². The molecular weight excluding hydrogens is 303 g/mol. The number of rotatable bonds is 3. The van der Waals surface area contributed by atoms with Gasteiger partial charge in [-0.1, -0.05) is 18.2 Å². The van der Waals surface area contributed by atoms with E-state index in [0.717, 1.165) is 27.6 Å². The number of nitrogens with zero attached hydrogens (tertiary/aromatic N) is 1. The van der Waals surface area contributed by atoms with Crippen molar-refractivity contribution in [2.45, 2.75) is 6.54 Å². The van der Waals surface area contributed by atoms with Crippen LogP contribution in [0.25, 0.3) is 21.9 Å². The van der Waals surface area contributed by atoms with Gasteiger partial charge in [0.1, 0.15) is 17.0 Å². The molecular formula is C20H13FN2O. The first kappa shape index (κ1) is 14.3. The van der Waals surface area contributed by atoms with Crippen molar-refractivity contribution in [3.8, 4) is 6.07 Å². The Labute approximate surface area is 137 Å². The Morgan fingerprint density at radius 1 is 0.958 bits per heavy atom. The van der Waals surface area contributed by atoms with Crippen LogP contribution >= 0.6 is 0 Å². The third-order valence-electron chi connectivity index (χ3n) is 4.05. The molecule has 0 aliphatic heterocycles. The lowest BCUT2D eigenvalue weighted by molar-refractivity contribution is 0.626. The fraction of sp³-hybridized carbons (Fsp3) is 0.0500. The molecule has 0 aliphatic rings. The number of anilines is 1. The first-order valence-electron chi connectivity index (χ1n) is 7.58. The number of hydrogen-bond acceptors (Lipinski definition) is 3. The van der Waals surface area contributed by atoms with E-state index in [1.807, 2.05) is 36.4 Å². The molecule has 4 heteroatoms. The van der Waals surface area contributed by atoms with E-state index in [-0.39, 0.29) is 5.82 Å². The van der Waals surface area contributed by atoms with Gasteiger partial charge in [-0.2, -0.15) is 5.26 Å². The molecule has 116 valence electrons. The van der Waals surface area contributed by atoms with Crippen molar-refractivity contribution in [2.75, 3.05) is 5.32 Å². The van der Waals surface area contributed by atoms with Crippen molar-refractivity contribution >= 4 is 27.6 Å². The van der Waals surface area contributed by atoms with E-state index in [9.17, 15) is 4.39 Å². The van der Waals surface area contributed by atoms with Gasteiger partial charge in [-0.05, 0) is 48.0 Å². The smallest absolute Gasteiger partial charge is 0.135 e. The fourth-order valence-corrected chi connectivity index (χ4v) is 2.84. The molecule has 0 aliphatic carbocycles. The van der Waals surface area contributed by atoms with Crippen LogP contribution in [0.1, 0.15) is 11.1 Å². The highest BCUT2D eigenvalue weighted by molar-refractivity contribution is 6.05. The van der Waals surface area contributed by atoms with Gasteiger partial charge in [-0.3, -0.25) is 0 Å². The molecule has 1 N–H and O–H groups in total. The van der Waals surface area contributed by atoms with Crippen molar-refractivity contribution in [3.05, 3.63) is 77.6 Å². The Hall–Kier alpha value is -3.32. The lowest BCUT2D eigenvalue weighted by atomic mass is 10.1. The third kappa shape index (κ3) is 2.46. The highest BCUT2D eigenvalue weighted by atomic mass is 19.1. The molecule has 4 rings (SSSR count). The monoisotopic (exact) mass is 316 g/mol. The Morgan fingerprint density at radius 2 is 1.71 bits per heavy atom. The summed E-state index contributed by atoms with van der Waals surface area (Å²) in [7, 11) is 0. The number of hydrogen-bond donors (Lipinski definition) is 1. The van der Waals surface area contributed by atoms with E-state index in [2.05, 4.69) is 11.4 Å². The quantitative estimate of drug-likeness (QED) is 0.564. The molecule has 1 heterocycles. The van der Waals surface area contributed by atoms with E-state index < -0.39 is 0 Å². The Morgan fingerprint density at radius 3 is 2.54 bits per heavy atom. The molecule has 0 bridgehead atoms. The second-order valence-corrected chi connectivity index (χ2v) is 5.58. The molecule has 0 radical (unpaired) electrons. The molecule has 1 aromatic heterocycles. The van der Waals surface area contributed by atoms with Gasteiger partial charge in [-0.25, -0.2) is 4.39 Å². The molecule has 24 heavy (non-hydrogen) atoms. The van der Waals surface area contributed by atoms with Crippen molar-refractivity contribution in [3.63, 3.8) is 0 Å². The number of halogens is 1. The van der Waals surface area contributed by atoms with Gasteiger partial charge in [0.25, 0.3) is 0 Å². The Kier molecular flexibility index (Phi) is 3.40. The highest BCUT2D eigenvalue weighted by Crippen LogP contribution is 2.31. The molecule has 0 saturated carbocycles. The maximum atomic E-state index is 13.5. The molecule has 0 saturated heterocycles. The van der Waals surface area contributed by atoms with Crippen LogP contribution in [0.2, 0.25) is 0 Å². The van der Waals surface area contributed by atoms with Crippen molar-refractivity contribution < 1.29 is 8.81 Å². The van der Waals surface area contributed by atoms with Crippen LogP contribution in [0.5, 0.6) is 0 Å². The SMILES string of the molecule is N#Cc1ccccc1CNc1ccc2oc3ccc(F)cc3c2c1. The summed E-state index contributed by atoms with van der Waals surface area (Å²) in [5.41, 5.74) is 3.87. The van der Waals surface area contributed by atoms with E-state index in [0.29, 0.717) is 17.7 Å². The predicted molar refractivity (Wildman–Crippen MR) is 92.2 cm³/mol. The minimum atomic E-state index is -0.286. The molecule has 0 unspecified atom stereocenters. The summed E-state index contributed by atoms with van der Waals surface area (Å²) >= 11 is 0. The predicted octanol–water partition coefficient (Wildman–Crippen LogP) is 5.21. The number of benzene rings is 3. The number of furan rings is 1. The van der Waals surface area contributed by atoms with Crippen LogP contribution in [0.4, 0.5) is 10.1 Å². The van der Waals surface area contributed by atoms with Crippen LogP contribution in [0.3, 0.4) is 0 Å².